The number of fused-ring (bicyclic) bond motifs is 4. The molecule has 4 heteroatoms. The molecule has 2 unspecified atom stereocenters. The van der Waals surface area contributed by atoms with Gasteiger partial charge in [0.25, 0.3) is 6.36 Å². The van der Waals surface area contributed by atoms with E-state index in [1.807, 2.05) is 6.07 Å². The number of ether oxygens (including phenoxy) is 1. The number of halogens is 2. The molecule has 2 aromatic rings. The van der Waals surface area contributed by atoms with Gasteiger partial charge in [0, 0.05) is 17.3 Å². The van der Waals surface area contributed by atoms with Crippen LogP contribution in [0.5, 0.6) is 5.75 Å². The first-order valence-corrected chi connectivity index (χ1v) is 5.97. The van der Waals surface area contributed by atoms with Gasteiger partial charge in [0.2, 0.25) is 0 Å². The predicted octanol–water partition coefficient (Wildman–Crippen LogP) is 3.52. The van der Waals surface area contributed by atoms with Gasteiger partial charge in [-0.3, -0.25) is 4.99 Å². The molecule has 2 atom stereocenters. The zero-order valence-electron chi connectivity index (χ0n) is 9.81. The van der Waals surface area contributed by atoms with Crippen molar-refractivity contribution in [1.82, 2.24) is 0 Å². The highest BCUT2D eigenvalue weighted by molar-refractivity contribution is 5.91. The Bertz CT molecular complexity index is 713. The largest absolute Gasteiger partial charge is 0.458 e. The summed E-state index contributed by atoms with van der Waals surface area (Å²) in [6.07, 6.45) is -0.0650. The third-order valence-electron chi connectivity index (χ3n) is 3.73. The second-order valence-corrected chi connectivity index (χ2v) is 4.72. The highest BCUT2D eigenvalue weighted by atomic mass is 19.1. The van der Waals surface area contributed by atoms with Gasteiger partial charge in [0.1, 0.15) is 17.0 Å². The van der Waals surface area contributed by atoms with Crippen molar-refractivity contribution >= 4 is 11.9 Å². The van der Waals surface area contributed by atoms with Crippen LogP contribution in [0.4, 0.5) is 14.5 Å². The molecule has 1 spiro atoms. The third kappa shape index (κ3) is 1.21. The summed E-state index contributed by atoms with van der Waals surface area (Å²) in [4.78, 5) is 4.21. The number of nitrogens with zero attached hydrogens (tertiary/aromatic N) is 1. The highest BCUT2D eigenvalue weighted by Crippen LogP contribution is 2.52. The highest BCUT2D eigenvalue weighted by Gasteiger charge is 2.53. The molecule has 0 radical (unpaired) electrons. The van der Waals surface area contributed by atoms with E-state index in [0.717, 1.165) is 0 Å². The predicted molar refractivity (Wildman–Crippen MR) is 67.3 cm³/mol. The fourth-order valence-corrected chi connectivity index (χ4v) is 2.83. The first-order chi connectivity index (χ1) is 9.22. The standard InChI is InChI=1S/C15H9F2NO/c16-9-5-6-12-11(7-9)15(8-18-12)10-3-1-2-4-13(10)19-14(15)17/h1-8,14H. The lowest BCUT2D eigenvalue weighted by Crippen LogP contribution is -2.36. The monoisotopic (exact) mass is 257 g/mol. The minimum absolute atomic E-state index is 0.403. The Kier molecular flexibility index (Phi) is 1.91. The zero-order valence-corrected chi connectivity index (χ0v) is 9.81. The van der Waals surface area contributed by atoms with Gasteiger partial charge in [-0.1, -0.05) is 18.2 Å². The van der Waals surface area contributed by atoms with Crippen LogP contribution in [0.3, 0.4) is 0 Å². The molecule has 2 heterocycles. The molecule has 2 aromatic carbocycles. The Morgan fingerprint density at radius 1 is 1.11 bits per heavy atom. The maximum absolute atomic E-state index is 14.5. The Labute approximate surface area is 108 Å². The van der Waals surface area contributed by atoms with Crippen LogP contribution >= 0.6 is 0 Å². The van der Waals surface area contributed by atoms with E-state index in [4.69, 9.17) is 4.74 Å². The van der Waals surface area contributed by atoms with Gasteiger partial charge < -0.3 is 4.74 Å². The fourth-order valence-electron chi connectivity index (χ4n) is 2.83. The average Bonchev–Trinajstić information content (AvgIpc) is 2.92. The summed E-state index contributed by atoms with van der Waals surface area (Å²) >= 11 is 0. The van der Waals surface area contributed by atoms with E-state index in [1.54, 1.807) is 24.3 Å². The van der Waals surface area contributed by atoms with Crippen LogP contribution in [0.1, 0.15) is 11.1 Å². The van der Waals surface area contributed by atoms with E-state index in [1.165, 1.54) is 18.3 Å². The number of hydrogen-bond donors (Lipinski definition) is 0. The molecular formula is C15H9F2NO. The molecule has 19 heavy (non-hydrogen) atoms. The number of para-hydroxylation sites is 1. The number of alkyl halides is 1. The lowest BCUT2D eigenvalue weighted by Gasteiger charge is -2.23. The van der Waals surface area contributed by atoms with E-state index in [-0.39, 0.29) is 0 Å². The number of hydrogen-bond acceptors (Lipinski definition) is 2. The van der Waals surface area contributed by atoms with E-state index in [2.05, 4.69) is 4.99 Å². The van der Waals surface area contributed by atoms with Gasteiger partial charge in [0.05, 0.1) is 5.69 Å². The van der Waals surface area contributed by atoms with Gasteiger partial charge in [0.15, 0.2) is 0 Å². The first-order valence-electron chi connectivity index (χ1n) is 5.97. The molecule has 4 rings (SSSR count). The number of aliphatic imine (C=N–C) groups is 1. The van der Waals surface area contributed by atoms with Crippen molar-refractivity contribution in [2.75, 3.05) is 0 Å². The van der Waals surface area contributed by atoms with Gasteiger partial charge >= 0.3 is 0 Å². The Balaban J connectivity index is 2.03. The SMILES string of the molecule is Fc1ccc2c(c1)C1(C=N2)c2ccccc2OC1F. The molecule has 94 valence electrons. The minimum Gasteiger partial charge on any atom is -0.458 e. The smallest absolute Gasteiger partial charge is 0.257 e. The minimum atomic E-state index is -1.59. The van der Waals surface area contributed by atoms with Crippen molar-refractivity contribution in [3.63, 3.8) is 0 Å². The normalized spacial score (nSPS) is 26.3. The molecule has 2 aliphatic rings. The summed E-state index contributed by atoms with van der Waals surface area (Å²) in [5, 5.41) is 0. The van der Waals surface area contributed by atoms with Crippen LogP contribution in [0, 0.1) is 5.82 Å². The first kappa shape index (κ1) is 10.7. The molecule has 0 saturated carbocycles. The Morgan fingerprint density at radius 3 is 2.84 bits per heavy atom. The Morgan fingerprint density at radius 2 is 1.95 bits per heavy atom. The van der Waals surface area contributed by atoms with Gasteiger partial charge in [-0.15, -0.1) is 0 Å². The van der Waals surface area contributed by atoms with E-state index < -0.39 is 17.6 Å². The van der Waals surface area contributed by atoms with Crippen molar-refractivity contribution in [2.45, 2.75) is 11.8 Å². The Hall–Kier alpha value is -2.23. The molecular weight excluding hydrogens is 248 g/mol. The number of benzene rings is 2. The molecule has 0 fully saturated rings. The lowest BCUT2D eigenvalue weighted by molar-refractivity contribution is 0.0621. The zero-order chi connectivity index (χ0) is 13.0. The van der Waals surface area contributed by atoms with E-state index >= 15 is 0 Å². The average molecular weight is 257 g/mol. The summed E-state index contributed by atoms with van der Waals surface area (Å²) in [5.41, 5.74) is 0.679. The van der Waals surface area contributed by atoms with Crippen molar-refractivity contribution in [2.24, 2.45) is 4.99 Å². The maximum atomic E-state index is 14.5. The quantitative estimate of drug-likeness (QED) is 0.707. The van der Waals surface area contributed by atoms with Crippen LogP contribution in [-0.4, -0.2) is 12.6 Å². The second-order valence-electron chi connectivity index (χ2n) is 4.72. The van der Waals surface area contributed by atoms with Gasteiger partial charge in [-0.05, 0) is 24.3 Å². The lowest BCUT2D eigenvalue weighted by atomic mass is 9.77. The van der Waals surface area contributed by atoms with Crippen molar-refractivity contribution < 1.29 is 13.5 Å². The summed E-state index contributed by atoms with van der Waals surface area (Å²) in [5.74, 6) is 0.0822. The molecule has 0 amide bonds. The van der Waals surface area contributed by atoms with Crippen molar-refractivity contribution in [1.29, 1.82) is 0 Å². The molecule has 0 bridgehead atoms. The molecule has 0 N–H and O–H groups in total. The summed E-state index contributed by atoms with van der Waals surface area (Å²) in [6, 6.07) is 11.3. The molecule has 2 aliphatic heterocycles. The molecule has 0 aromatic heterocycles. The summed E-state index contributed by atoms with van der Waals surface area (Å²) in [7, 11) is 0. The summed E-state index contributed by atoms with van der Waals surface area (Å²) < 4.78 is 33.2. The summed E-state index contributed by atoms with van der Waals surface area (Å²) in [6.45, 7) is 0. The van der Waals surface area contributed by atoms with Crippen molar-refractivity contribution in [3.8, 4) is 5.75 Å². The van der Waals surface area contributed by atoms with Crippen LogP contribution in [0.25, 0.3) is 0 Å². The van der Waals surface area contributed by atoms with Gasteiger partial charge in [-0.2, -0.15) is 0 Å². The molecule has 0 aliphatic carbocycles. The van der Waals surface area contributed by atoms with E-state index in [0.29, 0.717) is 22.6 Å². The second kappa shape index (κ2) is 3.41. The number of rotatable bonds is 0. The fraction of sp³-hybridized carbons (Fsp3) is 0.133. The van der Waals surface area contributed by atoms with Crippen LogP contribution in [0.15, 0.2) is 47.5 Å². The maximum Gasteiger partial charge on any atom is 0.257 e. The molecule has 0 saturated heterocycles. The van der Waals surface area contributed by atoms with Gasteiger partial charge in [-0.25, -0.2) is 8.78 Å². The van der Waals surface area contributed by atoms with E-state index in [9.17, 15) is 8.78 Å². The van der Waals surface area contributed by atoms with Crippen LogP contribution in [0.2, 0.25) is 0 Å². The third-order valence-corrected chi connectivity index (χ3v) is 3.73. The van der Waals surface area contributed by atoms with Crippen LogP contribution < -0.4 is 4.74 Å². The molecule has 2 nitrogen and oxygen atoms in total. The van der Waals surface area contributed by atoms with Crippen LogP contribution in [-0.2, 0) is 5.41 Å². The van der Waals surface area contributed by atoms with Crippen molar-refractivity contribution in [3.05, 3.63) is 59.4 Å². The topological polar surface area (TPSA) is 21.6 Å².